The Bertz CT molecular complexity index is 1110. The summed E-state index contributed by atoms with van der Waals surface area (Å²) in [6.45, 7) is 2.70. The van der Waals surface area contributed by atoms with Gasteiger partial charge < -0.3 is 4.57 Å². The molecular weight excluding hydrogens is 439 g/mol. The van der Waals surface area contributed by atoms with Gasteiger partial charge in [0.15, 0.2) is 11.6 Å². The fourth-order valence-electron chi connectivity index (χ4n) is 3.36. The first-order chi connectivity index (χ1) is 12.7. The minimum atomic E-state index is 0.659. The first kappa shape index (κ1) is 15.7. The predicted octanol–water partition coefficient (Wildman–Crippen LogP) is 3.39. The lowest BCUT2D eigenvalue weighted by Gasteiger charge is -2.08. The number of imidazole rings is 1. The SMILES string of the molecule is Cc1ncn2c1Cn1nc(Cc3cccnc3)nc1-c1cc(I)ccc1-2. The average molecular weight is 454 g/mol. The molecular formula is C19H15IN6. The zero-order valence-corrected chi connectivity index (χ0v) is 16.3. The predicted molar refractivity (Wildman–Crippen MR) is 106 cm³/mol. The highest BCUT2D eigenvalue weighted by molar-refractivity contribution is 14.1. The average Bonchev–Trinajstić information content (AvgIpc) is 3.17. The van der Waals surface area contributed by atoms with Crippen LogP contribution in [-0.2, 0) is 13.0 Å². The summed E-state index contributed by atoms with van der Waals surface area (Å²) in [5.74, 6) is 1.71. The summed E-state index contributed by atoms with van der Waals surface area (Å²) < 4.78 is 5.32. The summed E-state index contributed by atoms with van der Waals surface area (Å²) in [5.41, 5.74) is 5.45. The first-order valence-corrected chi connectivity index (χ1v) is 9.42. The number of pyridine rings is 1. The Hall–Kier alpha value is -2.55. The van der Waals surface area contributed by atoms with E-state index in [1.165, 1.54) is 3.57 Å². The molecule has 0 radical (unpaired) electrons. The van der Waals surface area contributed by atoms with Crippen molar-refractivity contribution in [2.45, 2.75) is 19.9 Å². The molecule has 5 rings (SSSR count). The Balaban J connectivity index is 1.68. The Labute approximate surface area is 164 Å². The normalized spacial score (nSPS) is 12.2. The van der Waals surface area contributed by atoms with Crippen LogP contribution in [0.5, 0.6) is 0 Å². The second-order valence-corrected chi connectivity index (χ2v) is 7.60. The molecule has 4 aromatic rings. The van der Waals surface area contributed by atoms with E-state index in [2.05, 4.69) is 61.4 Å². The number of hydrogen-bond donors (Lipinski definition) is 0. The zero-order chi connectivity index (χ0) is 17.7. The largest absolute Gasteiger partial charge is 0.300 e. The molecule has 7 heteroatoms. The summed E-state index contributed by atoms with van der Waals surface area (Å²) in [7, 11) is 0. The van der Waals surface area contributed by atoms with Crippen molar-refractivity contribution in [2.24, 2.45) is 0 Å². The second-order valence-electron chi connectivity index (χ2n) is 6.36. The van der Waals surface area contributed by atoms with Crippen LogP contribution in [0.25, 0.3) is 17.1 Å². The molecule has 0 fully saturated rings. The molecule has 0 atom stereocenters. The van der Waals surface area contributed by atoms with Gasteiger partial charge in [0.2, 0.25) is 0 Å². The molecule has 26 heavy (non-hydrogen) atoms. The standard InChI is InChI=1S/C19H15IN6/c1-12-17-10-26-19(23-18(24-26)7-13-3-2-6-21-9-13)15-8-14(20)4-5-16(15)25(17)11-22-12/h2-6,8-9,11H,7,10H2,1H3. The molecule has 0 bridgehead atoms. The highest BCUT2D eigenvalue weighted by atomic mass is 127. The van der Waals surface area contributed by atoms with Gasteiger partial charge in [0, 0.05) is 27.9 Å². The van der Waals surface area contributed by atoms with Crippen LogP contribution in [0.2, 0.25) is 0 Å². The summed E-state index contributed by atoms with van der Waals surface area (Å²) in [4.78, 5) is 13.6. The van der Waals surface area contributed by atoms with E-state index in [9.17, 15) is 0 Å². The van der Waals surface area contributed by atoms with E-state index in [4.69, 9.17) is 10.1 Å². The highest BCUT2D eigenvalue weighted by Gasteiger charge is 2.24. The van der Waals surface area contributed by atoms with Gasteiger partial charge in [0.1, 0.15) is 0 Å². The third-order valence-corrected chi connectivity index (χ3v) is 5.31. The van der Waals surface area contributed by atoms with Crippen molar-refractivity contribution in [3.05, 3.63) is 75.4 Å². The van der Waals surface area contributed by atoms with E-state index in [1.54, 1.807) is 6.20 Å². The Morgan fingerprint density at radius 1 is 1.23 bits per heavy atom. The van der Waals surface area contributed by atoms with Gasteiger partial charge in [-0.15, -0.1) is 0 Å². The molecule has 0 amide bonds. The monoisotopic (exact) mass is 454 g/mol. The van der Waals surface area contributed by atoms with Gasteiger partial charge in [-0.05, 0) is 59.3 Å². The lowest BCUT2D eigenvalue weighted by atomic mass is 10.1. The van der Waals surface area contributed by atoms with Crippen LogP contribution in [0.4, 0.5) is 0 Å². The third kappa shape index (κ3) is 2.54. The molecule has 0 N–H and O–H groups in total. The van der Waals surface area contributed by atoms with Crippen LogP contribution < -0.4 is 0 Å². The summed E-state index contributed by atoms with van der Waals surface area (Å²) in [5, 5.41) is 4.79. The molecule has 4 heterocycles. The van der Waals surface area contributed by atoms with Gasteiger partial charge in [-0.2, -0.15) is 5.10 Å². The second kappa shape index (κ2) is 6.01. The van der Waals surface area contributed by atoms with Crippen molar-refractivity contribution >= 4 is 22.6 Å². The zero-order valence-electron chi connectivity index (χ0n) is 14.1. The number of aryl methyl sites for hydroxylation is 1. The maximum Gasteiger partial charge on any atom is 0.160 e. The molecule has 1 aliphatic rings. The number of benzene rings is 1. The van der Waals surface area contributed by atoms with Crippen LogP contribution in [0.3, 0.4) is 0 Å². The van der Waals surface area contributed by atoms with Gasteiger partial charge in [0.25, 0.3) is 0 Å². The van der Waals surface area contributed by atoms with E-state index in [0.29, 0.717) is 13.0 Å². The van der Waals surface area contributed by atoms with Gasteiger partial charge in [0.05, 0.1) is 29.9 Å². The fourth-order valence-corrected chi connectivity index (χ4v) is 3.85. The van der Waals surface area contributed by atoms with E-state index >= 15 is 0 Å². The van der Waals surface area contributed by atoms with Gasteiger partial charge in [-0.1, -0.05) is 6.07 Å². The lowest BCUT2D eigenvalue weighted by molar-refractivity contribution is 0.664. The minimum absolute atomic E-state index is 0.659. The summed E-state index contributed by atoms with van der Waals surface area (Å²) >= 11 is 2.34. The van der Waals surface area contributed by atoms with Gasteiger partial charge in [-0.3, -0.25) is 4.98 Å². The maximum absolute atomic E-state index is 4.87. The van der Waals surface area contributed by atoms with Crippen molar-refractivity contribution < 1.29 is 0 Å². The number of halogens is 1. The smallest absolute Gasteiger partial charge is 0.160 e. The van der Waals surface area contributed by atoms with Crippen LogP contribution in [0.15, 0.2) is 49.1 Å². The number of hydrogen-bond acceptors (Lipinski definition) is 4. The van der Waals surface area contributed by atoms with Crippen molar-refractivity contribution in [3.63, 3.8) is 0 Å². The fraction of sp³-hybridized carbons (Fsp3) is 0.158. The molecule has 128 valence electrons. The molecule has 0 spiro atoms. The van der Waals surface area contributed by atoms with Crippen LogP contribution >= 0.6 is 22.6 Å². The van der Waals surface area contributed by atoms with Crippen molar-refractivity contribution in [1.82, 2.24) is 29.3 Å². The maximum atomic E-state index is 4.87. The quantitative estimate of drug-likeness (QED) is 0.384. The number of fused-ring (bicyclic) bond motifs is 5. The Morgan fingerprint density at radius 3 is 3.00 bits per heavy atom. The molecule has 0 saturated carbocycles. The number of rotatable bonds is 2. The van der Waals surface area contributed by atoms with E-state index < -0.39 is 0 Å². The van der Waals surface area contributed by atoms with Crippen LogP contribution in [-0.4, -0.2) is 29.3 Å². The van der Waals surface area contributed by atoms with Gasteiger partial charge in [-0.25, -0.2) is 14.6 Å². The summed E-state index contributed by atoms with van der Waals surface area (Å²) in [6, 6.07) is 10.4. The highest BCUT2D eigenvalue weighted by Crippen LogP contribution is 2.32. The Morgan fingerprint density at radius 2 is 2.15 bits per heavy atom. The molecule has 0 aliphatic carbocycles. The molecule has 6 nitrogen and oxygen atoms in total. The third-order valence-electron chi connectivity index (χ3n) is 4.63. The van der Waals surface area contributed by atoms with Crippen LogP contribution in [0, 0.1) is 10.5 Å². The molecule has 0 unspecified atom stereocenters. The number of aromatic nitrogens is 6. The topological polar surface area (TPSA) is 61.4 Å². The molecule has 0 saturated heterocycles. The molecule has 1 aliphatic heterocycles. The van der Waals surface area contributed by atoms with Crippen molar-refractivity contribution in [1.29, 1.82) is 0 Å². The van der Waals surface area contributed by atoms with E-state index in [0.717, 1.165) is 39.9 Å². The van der Waals surface area contributed by atoms with Crippen molar-refractivity contribution in [3.8, 4) is 17.1 Å². The lowest BCUT2D eigenvalue weighted by Crippen LogP contribution is -2.06. The van der Waals surface area contributed by atoms with Crippen molar-refractivity contribution in [2.75, 3.05) is 0 Å². The molecule has 1 aromatic carbocycles. The van der Waals surface area contributed by atoms with E-state index in [-0.39, 0.29) is 0 Å². The number of nitrogens with zero attached hydrogens (tertiary/aromatic N) is 6. The summed E-state index contributed by atoms with van der Waals surface area (Å²) in [6.07, 6.45) is 6.20. The minimum Gasteiger partial charge on any atom is -0.300 e. The van der Waals surface area contributed by atoms with Gasteiger partial charge >= 0.3 is 0 Å². The first-order valence-electron chi connectivity index (χ1n) is 8.35. The Kier molecular flexibility index (Phi) is 3.63. The molecule has 3 aromatic heterocycles. The van der Waals surface area contributed by atoms with E-state index in [1.807, 2.05) is 30.2 Å². The van der Waals surface area contributed by atoms with Crippen LogP contribution in [0.1, 0.15) is 22.8 Å².